The van der Waals surface area contributed by atoms with Crippen LogP contribution in [0.15, 0.2) is 29.1 Å². The first-order valence-electron chi connectivity index (χ1n) is 11.8. The Balaban J connectivity index is 1.43. The number of piperazine rings is 1. The van der Waals surface area contributed by atoms with E-state index < -0.39 is 0 Å². The highest BCUT2D eigenvalue weighted by molar-refractivity contribution is 7.18. The van der Waals surface area contributed by atoms with Gasteiger partial charge in [0.15, 0.2) is 0 Å². The van der Waals surface area contributed by atoms with E-state index in [-0.39, 0.29) is 11.5 Å². The van der Waals surface area contributed by atoms with Crippen molar-refractivity contribution in [1.29, 1.82) is 0 Å². The van der Waals surface area contributed by atoms with Gasteiger partial charge in [0.05, 0.1) is 18.1 Å². The van der Waals surface area contributed by atoms with E-state index in [0.717, 1.165) is 41.8 Å². The lowest BCUT2D eigenvalue weighted by molar-refractivity contribution is 0.0742. The molecule has 174 valence electrons. The van der Waals surface area contributed by atoms with Gasteiger partial charge in [0.1, 0.15) is 10.6 Å². The number of amides is 1. The van der Waals surface area contributed by atoms with Crippen molar-refractivity contribution < 1.29 is 9.53 Å². The zero-order chi connectivity index (χ0) is 22.9. The van der Waals surface area contributed by atoms with Crippen LogP contribution in [-0.4, -0.2) is 53.6 Å². The Morgan fingerprint density at radius 3 is 2.64 bits per heavy atom. The highest BCUT2D eigenvalue weighted by atomic mass is 32.1. The summed E-state index contributed by atoms with van der Waals surface area (Å²) >= 11 is 1.70. The van der Waals surface area contributed by atoms with Crippen molar-refractivity contribution in [3.05, 3.63) is 50.6 Å². The van der Waals surface area contributed by atoms with E-state index in [4.69, 9.17) is 9.72 Å². The van der Waals surface area contributed by atoms with E-state index in [1.807, 2.05) is 27.7 Å². The molecule has 1 aromatic carbocycles. The summed E-state index contributed by atoms with van der Waals surface area (Å²) < 4.78 is 7.24. The van der Waals surface area contributed by atoms with Crippen LogP contribution in [0.2, 0.25) is 0 Å². The second kappa shape index (κ2) is 9.17. The zero-order valence-corrected chi connectivity index (χ0v) is 20.1. The minimum Gasteiger partial charge on any atom is -0.496 e. The van der Waals surface area contributed by atoms with Crippen molar-refractivity contribution in [2.45, 2.75) is 45.6 Å². The third kappa shape index (κ3) is 3.90. The summed E-state index contributed by atoms with van der Waals surface area (Å²) in [5, 5.41) is 0.844. The van der Waals surface area contributed by atoms with Crippen LogP contribution in [-0.2, 0) is 19.4 Å². The Morgan fingerprint density at radius 1 is 1.12 bits per heavy atom. The number of fused-ring (bicyclic) bond motifs is 3. The molecule has 5 rings (SSSR count). The molecule has 0 bridgehead atoms. The fraction of sp³-hybridized carbons (Fsp3) is 0.480. The first-order valence-corrected chi connectivity index (χ1v) is 12.7. The largest absolute Gasteiger partial charge is 0.496 e. The van der Waals surface area contributed by atoms with E-state index in [9.17, 15) is 9.59 Å². The molecule has 0 saturated carbocycles. The van der Waals surface area contributed by atoms with E-state index >= 15 is 0 Å². The summed E-state index contributed by atoms with van der Waals surface area (Å²) in [5.41, 5.74) is 1.92. The number of carbonyl (C=O) groups is 1. The maximum Gasteiger partial charge on any atom is 0.263 e. The molecular formula is C25H30N4O3S. The van der Waals surface area contributed by atoms with Gasteiger partial charge in [0.25, 0.3) is 11.5 Å². The molecule has 7 nitrogen and oxygen atoms in total. The van der Waals surface area contributed by atoms with E-state index in [0.29, 0.717) is 44.0 Å². The Morgan fingerprint density at radius 2 is 1.88 bits per heavy atom. The fourth-order valence-corrected chi connectivity index (χ4v) is 6.24. The van der Waals surface area contributed by atoms with Gasteiger partial charge < -0.3 is 14.5 Å². The second-order valence-electron chi connectivity index (χ2n) is 8.74. The molecule has 0 unspecified atom stereocenters. The highest BCUT2D eigenvalue weighted by Gasteiger charge is 2.28. The molecule has 0 radical (unpaired) electrons. The Bertz CT molecular complexity index is 1240. The summed E-state index contributed by atoms with van der Waals surface area (Å²) in [6.45, 7) is 5.20. The highest BCUT2D eigenvalue weighted by Crippen LogP contribution is 2.35. The van der Waals surface area contributed by atoms with E-state index in [1.165, 1.54) is 16.9 Å². The molecule has 0 N–H and O–H groups in total. The van der Waals surface area contributed by atoms with E-state index in [1.54, 1.807) is 24.5 Å². The molecule has 1 fully saturated rings. The van der Waals surface area contributed by atoms with Crippen LogP contribution >= 0.6 is 11.3 Å². The number of anilines is 1. The van der Waals surface area contributed by atoms with Crippen LogP contribution in [0.5, 0.6) is 5.75 Å². The molecular weight excluding hydrogens is 436 g/mol. The number of hydrogen-bond donors (Lipinski definition) is 0. The molecule has 1 aliphatic carbocycles. The fourth-order valence-electron chi connectivity index (χ4n) is 5.00. The third-order valence-corrected chi connectivity index (χ3v) is 7.87. The monoisotopic (exact) mass is 466 g/mol. The molecule has 2 aliphatic rings. The van der Waals surface area contributed by atoms with Gasteiger partial charge in [-0.25, -0.2) is 4.98 Å². The van der Waals surface area contributed by atoms with Gasteiger partial charge in [0, 0.05) is 37.6 Å². The lowest BCUT2D eigenvalue weighted by Gasteiger charge is -2.36. The summed E-state index contributed by atoms with van der Waals surface area (Å²) in [4.78, 5) is 37.9. The average Bonchev–Trinajstić information content (AvgIpc) is 3.24. The number of hydrogen-bond acceptors (Lipinski definition) is 6. The summed E-state index contributed by atoms with van der Waals surface area (Å²) in [6, 6.07) is 7.34. The Labute approximate surface area is 197 Å². The summed E-state index contributed by atoms with van der Waals surface area (Å²) in [7, 11) is 1.58. The van der Waals surface area contributed by atoms with Gasteiger partial charge in [-0.05, 0) is 49.8 Å². The predicted molar refractivity (Wildman–Crippen MR) is 132 cm³/mol. The molecule has 0 spiro atoms. The van der Waals surface area contributed by atoms with Crippen LogP contribution in [0, 0.1) is 0 Å². The first-order chi connectivity index (χ1) is 16.1. The van der Waals surface area contributed by atoms with Crippen molar-refractivity contribution in [3.8, 4) is 5.75 Å². The second-order valence-corrected chi connectivity index (χ2v) is 9.82. The normalized spacial score (nSPS) is 16.2. The van der Waals surface area contributed by atoms with Crippen molar-refractivity contribution in [2.75, 3.05) is 38.2 Å². The van der Waals surface area contributed by atoms with Gasteiger partial charge >= 0.3 is 0 Å². The lowest BCUT2D eigenvalue weighted by Crippen LogP contribution is -2.50. The number of rotatable bonds is 5. The number of nitrogens with zero attached hydrogens (tertiary/aromatic N) is 4. The first kappa shape index (κ1) is 21.9. The zero-order valence-electron chi connectivity index (χ0n) is 19.3. The van der Waals surface area contributed by atoms with Gasteiger partial charge in [-0.2, -0.15) is 0 Å². The van der Waals surface area contributed by atoms with Crippen molar-refractivity contribution in [1.82, 2.24) is 14.5 Å². The SMILES string of the molecule is CCCn1c(N2CCN(C(=O)c3ccccc3OC)CC2)nc2sc3c(c2c1=O)CCCC3. The van der Waals surface area contributed by atoms with Crippen molar-refractivity contribution in [2.24, 2.45) is 0 Å². The quantitative estimate of drug-likeness (QED) is 0.573. The number of benzene rings is 1. The molecule has 2 aromatic heterocycles. The van der Waals surface area contributed by atoms with Gasteiger partial charge in [-0.1, -0.05) is 19.1 Å². The minimum absolute atomic E-state index is 0.0209. The van der Waals surface area contributed by atoms with Crippen molar-refractivity contribution >= 4 is 33.4 Å². The maximum absolute atomic E-state index is 13.6. The molecule has 3 aromatic rings. The number of thiophene rings is 1. The number of aromatic nitrogens is 2. The number of carbonyl (C=O) groups excluding carboxylic acids is 1. The number of methoxy groups -OCH3 is 1. The summed E-state index contributed by atoms with van der Waals surface area (Å²) in [6.07, 6.45) is 5.26. The van der Waals surface area contributed by atoms with Crippen LogP contribution in [0.1, 0.15) is 47.0 Å². The van der Waals surface area contributed by atoms with Crippen LogP contribution < -0.4 is 15.2 Å². The van der Waals surface area contributed by atoms with Crippen molar-refractivity contribution in [3.63, 3.8) is 0 Å². The molecule has 1 saturated heterocycles. The van der Waals surface area contributed by atoms with Crippen LogP contribution in [0.4, 0.5) is 5.95 Å². The molecule has 33 heavy (non-hydrogen) atoms. The maximum atomic E-state index is 13.6. The van der Waals surface area contributed by atoms with Gasteiger partial charge in [-0.3, -0.25) is 14.2 Å². The molecule has 8 heteroatoms. The smallest absolute Gasteiger partial charge is 0.263 e. The van der Waals surface area contributed by atoms with Gasteiger partial charge in [0.2, 0.25) is 5.95 Å². The molecule has 3 heterocycles. The number of ether oxygens (including phenoxy) is 1. The Kier molecular flexibility index (Phi) is 6.10. The average molecular weight is 467 g/mol. The molecule has 1 amide bonds. The van der Waals surface area contributed by atoms with Crippen LogP contribution in [0.25, 0.3) is 10.2 Å². The third-order valence-electron chi connectivity index (χ3n) is 6.69. The lowest BCUT2D eigenvalue weighted by atomic mass is 9.97. The number of para-hydroxylation sites is 1. The van der Waals surface area contributed by atoms with E-state index in [2.05, 4.69) is 11.8 Å². The molecule has 0 atom stereocenters. The van der Waals surface area contributed by atoms with Gasteiger partial charge in [-0.15, -0.1) is 11.3 Å². The summed E-state index contributed by atoms with van der Waals surface area (Å²) in [5.74, 6) is 1.32. The number of aryl methyl sites for hydroxylation is 2. The van der Waals surface area contributed by atoms with Crippen LogP contribution in [0.3, 0.4) is 0 Å². The Hall–Kier alpha value is -2.87. The topological polar surface area (TPSA) is 67.7 Å². The minimum atomic E-state index is -0.0209. The standard InChI is InChI=1S/C25H30N4O3S/c1-3-12-29-24(31)21-18-9-5-7-11-20(18)33-22(21)26-25(29)28-15-13-27(14-16-28)23(30)17-8-4-6-10-19(17)32-2/h4,6,8,10H,3,5,7,9,11-16H2,1-2H3. The molecule has 1 aliphatic heterocycles. The predicted octanol–water partition coefficient (Wildman–Crippen LogP) is 3.72.